The monoisotopic (exact) mass is 268 g/mol. The van der Waals surface area contributed by atoms with E-state index >= 15 is 0 Å². The van der Waals surface area contributed by atoms with E-state index in [1.54, 1.807) is 0 Å². The molecule has 0 aromatic heterocycles. The Labute approximate surface area is 94.6 Å². The number of hydrogen-bond donors (Lipinski definition) is 1. The first-order valence-electron chi connectivity index (χ1n) is 5.02. The van der Waals surface area contributed by atoms with Crippen LogP contribution in [0.4, 0.5) is 26.3 Å². The van der Waals surface area contributed by atoms with Gasteiger partial charge in [0.05, 0.1) is 0 Å². The number of ether oxygens (including phenoxy) is 1. The van der Waals surface area contributed by atoms with E-state index in [4.69, 9.17) is 5.11 Å². The van der Waals surface area contributed by atoms with Crippen LogP contribution < -0.4 is 0 Å². The molecule has 0 saturated carbocycles. The molecule has 0 spiro atoms. The Morgan fingerprint density at radius 1 is 0.941 bits per heavy atom. The Kier molecular flexibility index (Phi) is 6.84. The molecule has 0 aliphatic rings. The standard InChI is InChI=1S/C9H14F6O2/c10-8(11,12)6-17-5-3-1-2-4-7(16)9(13,14)15/h7,16H,1-6H2. The van der Waals surface area contributed by atoms with Crippen molar-refractivity contribution in [1.82, 2.24) is 0 Å². The summed E-state index contributed by atoms with van der Waals surface area (Å²) in [6, 6.07) is 0. The predicted molar refractivity (Wildman–Crippen MR) is 47.4 cm³/mol. The molecular weight excluding hydrogens is 254 g/mol. The third kappa shape index (κ3) is 10.4. The van der Waals surface area contributed by atoms with Crippen LogP contribution in [0.25, 0.3) is 0 Å². The van der Waals surface area contributed by atoms with Gasteiger partial charge in [0, 0.05) is 6.61 Å². The first-order chi connectivity index (χ1) is 7.63. The van der Waals surface area contributed by atoms with E-state index in [1.165, 1.54) is 0 Å². The van der Waals surface area contributed by atoms with Gasteiger partial charge in [-0.1, -0.05) is 12.8 Å². The van der Waals surface area contributed by atoms with Gasteiger partial charge in [0.1, 0.15) is 12.7 Å². The van der Waals surface area contributed by atoms with Gasteiger partial charge in [-0.3, -0.25) is 0 Å². The zero-order valence-electron chi connectivity index (χ0n) is 8.94. The minimum Gasteiger partial charge on any atom is -0.384 e. The topological polar surface area (TPSA) is 29.5 Å². The van der Waals surface area contributed by atoms with Crippen LogP contribution in [0.3, 0.4) is 0 Å². The number of halogens is 6. The molecule has 2 nitrogen and oxygen atoms in total. The Morgan fingerprint density at radius 3 is 2.00 bits per heavy atom. The third-order valence-electron chi connectivity index (χ3n) is 1.91. The summed E-state index contributed by atoms with van der Waals surface area (Å²) in [4.78, 5) is 0. The second-order valence-corrected chi connectivity index (χ2v) is 3.57. The first kappa shape index (κ1) is 16.5. The van der Waals surface area contributed by atoms with Crippen molar-refractivity contribution in [2.24, 2.45) is 0 Å². The molecule has 0 aromatic rings. The molecule has 1 unspecified atom stereocenters. The number of alkyl halides is 6. The van der Waals surface area contributed by atoms with Crippen molar-refractivity contribution in [3.63, 3.8) is 0 Å². The van der Waals surface area contributed by atoms with Gasteiger partial charge in [-0.05, 0) is 12.8 Å². The van der Waals surface area contributed by atoms with Crippen LogP contribution in [0.15, 0.2) is 0 Å². The molecule has 0 aliphatic heterocycles. The summed E-state index contributed by atoms with van der Waals surface area (Å²) in [5.74, 6) is 0. The van der Waals surface area contributed by atoms with Crippen LogP contribution in [0, 0.1) is 0 Å². The molecule has 8 heteroatoms. The molecule has 0 fully saturated rings. The molecule has 104 valence electrons. The van der Waals surface area contributed by atoms with Gasteiger partial charge in [-0.25, -0.2) is 0 Å². The minimum absolute atomic E-state index is 0.0933. The van der Waals surface area contributed by atoms with Crippen LogP contribution in [-0.2, 0) is 4.74 Å². The van der Waals surface area contributed by atoms with Crippen molar-refractivity contribution < 1.29 is 36.2 Å². The predicted octanol–water partition coefficient (Wildman–Crippen LogP) is 3.05. The molecule has 0 rings (SSSR count). The summed E-state index contributed by atoms with van der Waals surface area (Å²) in [5.41, 5.74) is 0. The minimum atomic E-state index is -4.63. The summed E-state index contributed by atoms with van der Waals surface area (Å²) in [6.07, 6.45) is -11.2. The second-order valence-electron chi connectivity index (χ2n) is 3.57. The summed E-state index contributed by atoms with van der Waals surface area (Å²) in [5, 5.41) is 8.59. The highest BCUT2D eigenvalue weighted by atomic mass is 19.4. The molecule has 0 aromatic carbocycles. The second kappa shape index (κ2) is 7.05. The quantitative estimate of drug-likeness (QED) is 0.568. The molecule has 0 radical (unpaired) electrons. The zero-order valence-corrected chi connectivity index (χ0v) is 8.94. The van der Waals surface area contributed by atoms with E-state index in [0.717, 1.165) is 0 Å². The zero-order chi connectivity index (χ0) is 13.5. The third-order valence-corrected chi connectivity index (χ3v) is 1.91. The highest BCUT2D eigenvalue weighted by molar-refractivity contribution is 4.64. The van der Waals surface area contributed by atoms with Crippen molar-refractivity contribution in [1.29, 1.82) is 0 Å². The lowest BCUT2D eigenvalue weighted by Gasteiger charge is -2.13. The van der Waals surface area contributed by atoms with Crippen molar-refractivity contribution in [2.45, 2.75) is 44.1 Å². The van der Waals surface area contributed by atoms with E-state index in [9.17, 15) is 26.3 Å². The molecule has 0 saturated heterocycles. The van der Waals surface area contributed by atoms with Crippen molar-refractivity contribution in [2.75, 3.05) is 13.2 Å². The van der Waals surface area contributed by atoms with Crippen LogP contribution in [0.1, 0.15) is 25.7 Å². The summed E-state index contributed by atoms with van der Waals surface area (Å²) < 4.78 is 74.4. The van der Waals surface area contributed by atoms with Gasteiger partial charge < -0.3 is 9.84 Å². The molecule has 0 amide bonds. The number of rotatable bonds is 7. The van der Waals surface area contributed by atoms with Gasteiger partial charge in [0.25, 0.3) is 0 Å². The van der Waals surface area contributed by atoms with Crippen LogP contribution in [0.2, 0.25) is 0 Å². The van der Waals surface area contributed by atoms with Crippen molar-refractivity contribution >= 4 is 0 Å². The summed E-state index contributed by atoms with van der Waals surface area (Å²) >= 11 is 0. The number of hydrogen-bond acceptors (Lipinski definition) is 2. The van der Waals surface area contributed by atoms with E-state index in [1.807, 2.05) is 0 Å². The highest BCUT2D eigenvalue weighted by Gasteiger charge is 2.37. The van der Waals surface area contributed by atoms with Gasteiger partial charge in [-0.2, -0.15) is 26.3 Å². The van der Waals surface area contributed by atoms with Crippen LogP contribution >= 0.6 is 0 Å². The summed E-state index contributed by atoms with van der Waals surface area (Å²) in [6.45, 7) is -1.50. The van der Waals surface area contributed by atoms with E-state index in [-0.39, 0.29) is 25.9 Å². The van der Waals surface area contributed by atoms with Gasteiger partial charge in [-0.15, -0.1) is 0 Å². The largest absolute Gasteiger partial charge is 0.414 e. The van der Waals surface area contributed by atoms with E-state index < -0.39 is 31.5 Å². The van der Waals surface area contributed by atoms with Crippen molar-refractivity contribution in [3.8, 4) is 0 Å². The molecule has 17 heavy (non-hydrogen) atoms. The van der Waals surface area contributed by atoms with Gasteiger partial charge in [0.15, 0.2) is 0 Å². The Balaban J connectivity index is 3.36. The molecule has 0 aliphatic carbocycles. The highest BCUT2D eigenvalue weighted by Crippen LogP contribution is 2.23. The molecule has 1 atom stereocenters. The smallest absolute Gasteiger partial charge is 0.384 e. The molecule has 1 N–H and O–H groups in total. The summed E-state index contributed by atoms with van der Waals surface area (Å²) in [7, 11) is 0. The van der Waals surface area contributed by atoms with Crippen molar-refractivity contribution in [3.05, 3.63) is 0 Å². The maximum Gasteiger partial charge on any atom is 0.414 e. The molecule has 0 heterocycles. The van der Waals surface area contributed by atoms with E-state index in [2.05, 4.69) is 4.74 Å². The Morgan fingerprint density at radius 2 is 1.53 bits per heavy atom. The Hall–Kier alpha value is -0.500. The fraction of sp³-hybridized carbons (Fsp3) is 1.00. The fourth-order valence-corrected chi connectivity index (χ4v) is 1.07. The number of aliphatic hydroxyl groups excluding tert-OH is 1. The van der Waals surface area contributed by atoms with Crippen LogP contribution in [0.5, 0.6) is 0 Å². The first-order valence-corrected chi connectivity index (χ1v) is 5.02. The average Bonchev–Trinajstić information content (AvgIpc) is 2.12. The average molecular weight is 268 g/mol. The lowest BCUT2D eigenvalue weighted by molar-refractivity contribution is -0.205. The molecule has 0 bridgehead atoms. The number of aliphatic hydroxyl groups is 1. The molecular formula is C9H14F6O2. The van der Waals surface area contributed by atoms with Crippen LogP contribution in [-0.4, -0.2) is 36.8 Å². The maximum absolute atomic E-state index is 11.8. The van der Waals surface area contributed by atoms with Gasteiger partial charge in [0.2, 0.25) is 0 Å². The lowest BCUT2D eigenvalue weighted by Crippen LogP contribution is -2.28. The number of unbranched alkanes of at least 4 members (excludes halogenated alkanes) is 2. The van der Waals surface area contributed by atoms with E-state index in [0.29, 0.717) is 0 Å². The fourth-order valence-electron chi connectivity index (χ4n) is 1.07. The Bertz CT molecular complexity index is 201. The normalized spacial score (nSPS) is 15.0. The van der Waals surface area contributed by atoms with Gasteiger partial charge >= 0.3 is 12.4 Å². The SMILES string of the molecule is OC(CCCCCOCC(F)(F)F)C(F)(F)F. The lowest BCUT2D eigenvalue weighted by atomic mass is 10.1. The maximum atomic E-state index is 11.8.